The minimum Gasteiger partial charge on any atom is -0.392 e. The van der Waals surface area contributed by atoms with Crippen LogP contribution in [-0.4, -0.2) is 77.2 Å². The highest BCUT2D eigenvalue weighted by atomic mass is 16.6. The molecule has 8 aliphatic rings. The quantitative estimate of drug-likeness (QED) is 0.237. The summed E-state index contributed by atoms with van der Waals surface area (Å²) in [5, 5.41) is 24.8. The number of nitrogens with zero attached hydrogens (tertiary/aromatic N) is 1. The number of ketones is 2. The van der Waals surface area contributed by atoms with E-state index in [2.05, 4.69) is 78.9 Å². The third-order valence-corrected chi connectivity index (χ3v) is 17.8. The maximum atomic E-state index is 14.8. The van der Waals surface area contributed by atoms with Crippen LogP contribution in [0.2, 0.25) is 0 Å². The Morgan fingerprint density at radius 3 is 2.43 bits per heavy atom. The average Bonchev–Trinajstić information content (AvgIpc) is 3.44. The Morgan fingerprint density at radius 1 is 1.00 bits per heavy atom. The van der Waals surface area contributed by atoms with Crippen LogP contribution in [0.1, 0.15) is 129 Å². The molecule has 0 bridgehead atoms. The lowest BCUT2D eigenvalue weighted by atomic mass is 9.34. The number of fused-ring (bicyclic) bond motifs is 6. The number of hydrogen-bond acceptors (Lipinski definition) is 7. The largest absolute Gasteiger partial charge is 0.392 e. The van der Waals surface area contributed by atoms with Gasteiger partial charge in [-0.3, -0.25) is 19.5 Å². The number of allylic oxidation sites excluding steroid dienone is 1. The molecule has 5 fully saturated rings. The lowest BCUT2D eigenvalue weighted by Crippen LogP contribution is -3.11. The van der Waals surface area contributed by atoms with Gasteiger partial charge >= 0.3 is 0 Å². The van der Waals surface area contributed by atoms with E-state index >= 15 is 0 Å². The molecule has 12 atom stereocenters. The zero-order chi connectivity index (χ0) is 41.3. The predicted molar refractivity (Wildman–Crippen MR) is 225 cm³/mol. The molecule has 2 saturated heterocycles. The zero-order valence-corrected chi connectivity index (χ0v) is 36.6. The molecule has 0 amide bonds. The molecule has 4 aliphatic carbocycles. The normalized spacial score (nSPS) is 41.1. The fourth-order valence-electron chi connectivity index (χ4n) is 14.8. The summed E-state index contributed by atoms with van der Waals surface area (Å²) in [5.41, 5.74) is 6.45. The van der Waals surface area contributed by atoms with Crippen LogP contribution in [0.3, 0.4) is 0 Å². The second-order valence-electron chi connectivity index (χ2n) is 21.9. The van der Waals surface area contributed by atoms with Crippen LogP contribution in [0.4, 0.5) is 0 Å². The number of benzene rings is 1. The summed E-state index contributed by atoms with van der Waals surface area (Å²) in [6.45, 7) is 22.0. The van der Waals surface area contributed by atoms with Gasteiger partial charge in [-0.1, -0.05) is 65.3 Å². The van der Waals surface area contributed by atoms with Crippen LogP contribution in [0.25, 0.3) is 0 Å². The maximum Gasteiger partial charge on any atom is 0.160 e. The van der Waals surface area contributed by atoms with Crippen LogP contribution in [-0.2, 0) is 25.5 Å². The molecular weight excluding hydrogens is 725 g/mol. The van der Waals surface area contributed by atoms with Crippen molar-refractivity contribution in [3.05, 3.63) is 70.1 Å². The van der Waals surface area contributed by atoms with Gasteiger partial charge in [0.2, 0.25) is 0 Å². The standard InChI is InChI=1S/C50H68N2O6/c1-28-20-30(23-32(21-28)31-13-18-57-19-14-31)24-33-26-52(35-12-17-51-42(33)35)27-34-41-40(29(2)22-36(53)45-47(5,6)58-45)37(54)25-50(41,9)49(8)16-10-38-46(3,4)39(55)11-15-48(38,7)44(49)43(34)56/h12,17,20-21,23,26,29,31,34-36,38,43-45,53,56H,10-11,13-16,18-19,22,24-25,27H2,1-9H3/p+1/t29-,34+,35?,36-,38+,43-,44+,45+,48+,49+,50-/m1/s1. The lowest BCUT2D eigenvalue weighted by molar-refractivity contribution is -0.856. The van der Waals surface area contributed by atoms with Gasteiger partial charge in [-0.05, 0) is 122 Å². The highest BCUT2D eigenvalue weighted by molar-refractivity contribution is 6.07. The maximum absolute atomic E-state index is 14.8. The van der Waals surface area contributed by atoms with Gasteiger partial charge in [-0.2, -0.15) is 0 Å². The van der Waals surface area contributed by atoms with Gasteiger partial charge in [0.15, 0.2) is 11.8 Å². The Bertz CT molecular complexity index is 2020. The summed E-state index contributed by atoms with van der Waals surface area (Å²) in [6.07, 6.45) is 11.8. The van der Waals surface area contributed by atoms with Crippen molar-refractivity contribution in [3.8, 4) is 0 Å². The summed E-state index contributed by atoms with van der Waals surface area (Å²) < 4.78 is 11.6. The minimum absolute atomic E-state index is 0.0529. The zero-order valence-electron chi connectivity index (χ0n) is 36.6. The number of quaternary nitrogens is 1. The molecule has 4 aliphatic heterocycles. The number of nitrogens with one attached hydrogen (secondary N) is 1. The first-order valence-corrected chi connectivity index (χ1v) is 22.6. The van der Waals surface area contributed by atoms with Crippen molar-refractivity contribution in [1.82, 2.24) is 0 Å². The molecule has 0 spiro atoms. The number of ether oxygens (including phenoxy) is 2. The number of aliphatic hydroxyl groups is 2. The lowest BCUT2D eigenvalue weighted by Gasteiger charge is -2.69. The fraction of sp³-hybridized carbons (Fsp3) is 0.700. The Labute approximate surface area is 346 Å². The SMILES string of the molecule is Cc1cc(CC2=C[NH+](C[C@H]3C4=C([C@H](C)C[C@@H](O)[C@@H]5OC5(C)C)C(=O)C[C@@]4(C)[C@@]4(C)CC[C@H]5C(C)(C)C(=O)CC[C@]5(C)[C@@H]4[C@@H]3O)C3C=CN=C23)cc(C2CCOCC2)c1. The van der Waals surface area contributed by atoms with Gasteiger partial charge in [-0.15, -0.1) is 0 Å². The van der Waals surface area contributed by atoms with Gasteiger partial charge in [0, 0.05) is 55.1 Å². The molecule has 8 nitrogen and oxygen atoms in total. The van der Waals surface area contributed by atoms with E-state index in [1.54, 1.807) is 0 Å². The van der Waals surface area contributed by atoms with Gasteiger partial charge < -0.3 is 19.7 Å². The molecule has 4 heterocycles. The van der Waals surface area contributed by atoms with Crippen LogP contribution < -0.4 is 4.90 Å². The van der Waals surface area contributed by atoms with Gasteiger partial charge in [0.1, 0.15) is 23.8 Å². The summed E-state index contributed by atoms with van der Waals surface area (Å²) in [6, 6.07) is 7.12. The number of hydrogen-bond donors (Lipinski definition) is 3. The van der Waals surface area contributed by atoms with Crippen molar-refractivity contribution in [2.24, 2.45) is 50.3 Å². The topological polar surface area (TPSA) is 113 Å². The van der Waals surface area contributed by atoms with E-state index in [0.717, 1.165) is 68.6 Å². The summed E-state index contributed by atoms with van der Waals surface area (Å²) >= 11 is 0. The number of epoxide rings is 1. The monoisotopic (exact) mass is 794 g/mol. The van der Waals surface area contributed by atoms with E-state index in [-0.39, 0.29) is 58.0 Å². The molecule has 2 unspecified atom stereocenters. The summed E-state index contributed by atoms with van der Waals surface area (Å²) in [4.78, 5) is 34.5. The Balaban J connectivity index is 1.11. The third kappa shape index (κ3) is 6.11. The third-order valence-electron chi connectivity index (χ3n) is 17.8. The van der Waals surface area contributed by atoms with Crippen molar-refractivity contribution >= 4 is 17.3 Å². The Morgan fingerprint density at radius 2 is 1.72 bits per heavy atom. The van der Waals surface area contributed by atoms with Crippen molar-refractivity contribution in [2.75, 3.05) is 19.8 Å². The number of aliphatic hydroxyl groups excluding tert-OH is 2. The average molecular weight is 794 g/mol. The van der Waals surface area contributed by atoms with E-state index in [1.165, 1.54) is 27.2 Å². The Kier molecular flexibility index (Phi) is 9.73. The van der Waals surface area contributed by atoms with E-state index in [0.29, 0.717) is 37.5 Å². The van der Waals surface area contributed by atoms with Gasteiger partial charge in [0.25, 0.3) is 0 Å². The number of carbonyl (C=O) groups is 2. The van der Waals surface area contributed by atoms with E-state index < -0.39 is 23.0 Å². The molecule has 0 radical (unpaired) electrons. The first kappa shape index (κ1) is 40.6. The first-order valence-electron chi connectivity index (χ1n) is 22.6. The highest BCUT2D eigenvalue weighted by Gasteiger charge is 2.72. The molecule has 1 aromatic rings. The number of aliphatic imine (C=N–C) groups is 1. The minimum atomic E-state index is -0.692. The second-order valence-corrected chi connectivity index (χ2v) is 21.9. The van der Waals surface area contributed by atoms with Crippen molar-refractivity contribution < 1.29 is 34.2 Å². The second kappa shape index (κ2) is 13.9. The number of rotatable bonds is 9. The van der Waals surface area contributed by atoms with Gasteiger partial charge in [-0.25, -0.2) is 0 Å². The predicted octanol–water partition coefficient (Wildman–Crippen LogP) is 6.81. The van der Waals surface area contributed by atoms with Crippen molar-refractivity contribution in [2.45, 2.75) is 156 Å². The van der Waals surface area contributed by atoms with Gasteiger partial charge in [0.05, 0.1) is 30.3 Å². The van der Waals surface area contributed by atoms with Crippen molar-refractivity contribution in [3.63, 3.8) is 0 Å². The van der Waals surface area contributed by atoms with E-state index in [9.17, 15) is 19.8 Å². The van der Waals surface area contributed by atoms with Crippen LogP contribution in [0.15, 0.2) is 58.4 Å². The molecule has 3 saturated carbocycles. The molecule has 3 N–H and O–H groups in total. The molecule has 314 valence electrons. The van der Waals surface area contributed by atoms with E-state index in [4.69, 9.17) is 14.5 Å². The van der Waals surface area contributed by atoms with E-state index in [1.807, 2.05) is 20.0 Å². The number of carbonyl (C=O) groups excluding carboxylic acids is 2. The molecule has 9 rings (SSSR count). The molecule has 0 aromatic heterocycles. The summed E-state index contributed by atoms with van der Waals surface area (Å²) in [7, 11) is 0. The summed E-state index contributed by atoms with van der Waals surface area (Å²) in [5.74, 6) is 0.680. The van der Waals surface area contributed by atoms with Crippen LogP contribution >= 0.6 is 0 Å². The molecule has 8 heteroatoms. The first-order chi connectivity index (χ1) is 27.3. The smallest absolute Gasteiger partial charge is 0.160 e. The highest BCUT2D eigenvalue weighted by Crippen LogP contribution is 2.74. The molecule has 1 aromatic carbocycles. The number of aryl methyl sites for hydroxylation is 1. The van der Waals surface area contributed by atoms with Crippen LogP contribution in [0, 0.1) is 52.3 Å². The fourth-order valence-corrected chi connectivity index (χ4v) is 14.8. The number of Topliss-reactive ketones (excluding diaryl/α,β-unsaturated/α-hetero) is 2. The van der Waals surface area contributed by atoms with Crippen LogP contribution in [0.5, 0.6) is 0 Å². The molecular formula is C50H69N2O6+. The Hall–Kier alpha value is -2.75. The molecule has 58 heavy (non-hydrogen) atoms. The van der Waals surface area contributed by atoms with Crippen molar-refractivity contribution in [1.29, 1.82) is 0 Å².